The summed E-state index contributed by atoms with van der Waals surface area (Å²) in [5, 5.41) is 8.72. The summed E-state index contributed by atoms with van der Waals surface area (Å²) < 4.78 is 28.5. The molecule has 0 atom stereocenters. The average molecular weight is 368 g/mol. The maximum Gasteiger partial charge on any atom is 0.252 e. The minimum Gasteiger partial charge on any atom is -0.352 e. The molecule has 1 N–H and O–H groups in total. The van der Waals surface area contributed by atoms with Gasteiger partial charge >= 0.3 is 0 Å². The second-order valence-corrected chi connectivity index (χ2v) is 8.96. The third-order valence-electron chi connectivity index (χ3n) is 4.14. The SMILES string of the molecule is Cn1cc(CNC(=O)C2CCN(S(=O)(=O)c3cccs3)CC2)cn1. The number of carbonyl (C=O) groups excluding carboxylic acids is 1. The number of nitrogens with zero attached hydrogens (tertiary/aromatic N) is 3. The lowest BCUT2D eigenvalue weighted by molar-refractivity contribution is -0.126. The summed E-state index contributed by atoms with van der Waals surface area (Å²) in [6, 6.07) is 3.35. The number of amides is 1. The van der Waals surface area contributed by atoms with Crippen LogP contribution in [0.2, 0.25) is 0 Å². The first-order chi connectivity index (χ1) is 11.5. The fraction of sp³-hybridized carbons (Fsp3) is 0.467. The van der Waals surface area contributed by atoms with Crippen LogP contribution in [-0.4, -0.2) is 41.5 Å². The minimum absolute atomic E-state index is 0.0213. The van der Waals surface area contributed by atoms with E-state index in [0.717, 1.165) is 5.56 Å². The molecule has 1 aliphatic rings. The Bertz CT molecular complexity index is 791. The molecule has 2 aromatic rings. The van der Waals surface area contributed by atoms with Gasteiger partial charge in [0.1, 0.15) is 4.21 Å². The van der Waals surface area contributed by atoms with Crippen molar-refractivity contribution in [2.45, 2.75) is 23.6 Å². The van der Waals surface area contributed by atoms with Crippen LogP contribution in [0, 0.1) is 5.92 Å². The standard InChI is InChI=1S/C15H20N4O3S2/c1-18-11-12(10-17-18)9-16-15(20)13-4-6-19(7-5-13)24(21,22)14-3-2-8-23-14/h2-3,8,10-11,13H,4-7,9H2,1H3,(H,16,20). The molecule has 0 radical (unpaired) electrons. The molecule has 0 unspecified atom stereocenters. The molecule has 1 amide bonds. The van der Waals surface area contributed by atoms with Crippen molar-refractivity contribution in [2.24, 2.45) is 13.0 Å². The maximum atomic E-state index is 12.5. The number of rotatable bonds is 5. The van der Waals surface area contributed by atoms with E-state index in [1.165, 1.54) is 15.6 Å². The van der Waals surface area contributed by atoms with Crippen LogP contribution in [0.15, 0.2) is 34.1 Å². The highest BCUT2D eigenvalue weighted by Gasteiger charge is 2.32. The van der Waals surface area contributed by atoms with Crippen molar-refractivity contribution in [3.63, 3.8) is 0 Å². The van der Waals surface area contributed by atoms with Crippen LogP contribution < -0.4 is 5.32 Å². The number of aromatic nitrogens is 2. The van der Waals surface area contributed by atoms with Crippen molar-refractivity contribution < 1.29 is 13.2 Å². The van der Waals surface area contributed by atoms with Crippen molar-refractivity contribution in [1.82, 2.24) is 19.4 Å². The molecule has 0 aliphatic carbocycles. The molecule has 7 nitrogen and oxygen atoms in total. The third kappa shape index (κ3) is 3.68. The molecule has 0 spiro atoms. The Morgan fingerprint density at radius 1 is 1.42 bits per heavy atom. The molecule has 130 valence electrons. The molecular weight excluding hydrogens is 348 g/mol. The number of carbonyl (C=O) groups is 1. The fourth-order valence-electron chi connectivity index (χ4n) is 2.79. The van der Waals surface area contributed by atoms with Gasteiger partial charge in [-0.15, -0.1) is 11.3 Å². The Kier molecular flexibility index (Phi) is 5.02. The molecule has 2 aromatic heterocycles. The predicted molar refractivity (Wildman–Crippen MR) is 90.9 cm³/mol. The molecule has 0 aromatic carbocycles. The number of sulfonamides is 1. The first kappa shape index (κ1) is 17.1. The van der Waals surface area contributed by atoms with Gasteiger partial charge in [-0.05, 0) is 24.3 Å². The van der Waals surface area contributed by atoms with Gasteiger partial charge in [0.15, 0.2) is 0 Å². The van der Waals surface area contributed by atoms with Crippen LogP contribution >= 0.6 is 11.3 Å². The summed E-state index contributed by atoms with van der Waals surface area (Å²) >= 11 is 1.22. The van der Waals surface area contributed by atoms with Crippen molar-refractivity contribution >= 4 is 27.3 Å². The van der Waals surface area contributed by atoms with Gasteiger partial charge in [-0.25, -0.2) is 8.42 Å². The Morgan fingerprint density at radius 2 is 2.17 bits per heavy atom. The molecule has 1 saturated heterocycles. The van der Waals surface area contributed by atoms with E-state index in [2.05, 4.69) is 10.4 Å². The van der Waals surface area contributed by atoms with Crippen LogP contribution in [0.25, 0.3) is 0 Å². The van der Waals surface area contributed by atoms with E-state index >= 15 is 0 Å². The molecule has 0 saturated carbocycles. The van der Waals surface area contributed by atoms with Gasteiger partial charge in [0.05, 0.1) is 6.20 Å². The van der Waals surface area contributed by atoms with Crippen LogP contribution in [0.1, 0.15) is 18.4 Å². The maximum absolute atomic E-state index is 12.5. The number of nitrogens with one attached hydrogen (secondary N) is 1. The van der Waals surface area contributed by atoms with Gasteiger partial charge in [0, 0.05) is 44.4 Å². The van der Waals surface area contributed by atoms with Crippen molar-refractivity contribution in [2.75, 3.05) is 13.1 Å². The molecule has 0 bridgehead atoms. The zero-order valence-electron chi connectivity index (χ0n) is 13.4. The average Bonchev–Trinajstić information content (AvgIpc) is 3.24. The molecule has 3 rings (SSSR count). The van der Waals surface area contributed by atoms with Gasteiger partial charge < -0.3 is 5.32 Å². The normalized spacial score (nSPS) is 17.0. The Hall–Kier alpha value is -1.71. The first-order valence-corrected chi connectivity index (χ1v) is 10.1. The van der Waals surface area contributed by atoms with E-state index in [-0.39, 0.29) is 11.8 Å². The van der Waals surface area contributed by atoms with Crippen molar-refractivity contribution in [1.29, 1.82) is 0 Å². The largest absolute Gasteiger partial charge is 0.352 e. The van der Waals surface area contributed by atoms with E-state index in [4.69, 9.17) is 0 Å². The van der Waals surface area contributed by atoms with Gasteiger partial charge in [-0.2, -0.15) is 9.40 Å². The summed E-state index contributed by atoms with van der Waals surface area (Å²) in [5.41, 5.74) is 0.948. The minimum atomic E-state index is -3.41. The number of piperidine rings is 1. The van der Waals surface area contributed by atoms with E-state index in [1.807, 2.05) is 13.2 Å². The zero-order valence-corrected chi connectivity index (χ0v) is 15.0. The summed E-state index contributed by atoms with van der Waals surface area (Å²) in [4.78, 5) is 12.3. The lowest BCUT2D eigenvalue weighted by atomic mass is 9.97. The first-order valence-electron chi connectivity index (χ1n) is 7.76. The molecule has 1 aliphatic heterocycles. The van der Waals surface area contributed by atoms with Gasteiger partial charge in [-0.3, -0.25) is 9.48 Å². The summed E-state index contributed by atoms with van der Waals surface area (Å²) in [7, 11) is -1.58. The van der Waals surface area contributed by atoms with Crippen molar-refractivity contribution in [3.8, 4) is 0 Å². The predicted octanol–water partition coefficient (Wildman–Crippen LogP) is 1.20. The highest BCUT2D eigenvalue weighted by atomic mass is 32.2. The van der Waals surface area contributed by atoms with Gasteiger partial charge in [0.2, 0.25) is 5.91 Å². The Balaban J connectivity index is 1.52. The van der Waals surface area contributed by atoms with Crippen LogP contribution in [0.4, 0.5) is 0 Å². The van der Waals surface area contributed by atoms with Crippen molar-refractivity contribution in [3.05, 3.63) is 35.5 Å². The van der Waals surface area contributed by atoms with Gasteiger partial charge in [-0.1, -0.05) is 6.07 Å². The number of aryl methyl sites for hydroxylation is 1. The van der Waals surface area contributed by atoms with Crippen LogP contribution in [-0.2, 0) is 28.4 Å². The van der Waals surface area contributed by atoms with Crippen LogP contribution in [0.5, 0.6) is 0 Å². The highest BCUT2D eigenvalue weighted by Crippen LogP contribution is 2.26. The van der Waals surface area contributed by atoms with Crippen LogP contribution in [0.3, 0.4) is 0 Å². The summed E-state index contributed by atoms with van der Waals surface area (Å²) in [6.45, 7) is 1.21. The zero-order chi connectivity index (χ0) is 17.2. The van der Waals surface area contributed by atoms with E-state index in [1.54, 1.807) is 28.4 Å². The van der Waals surface area contributed by atoms with Gasteiger partial charge in [0.25, 0.3) is 10.0 Å². The summed E-state index contributed by atoms with van der Waals surface area (Å²) in [5.74, 6) is -0.163. The smallest absolute Gasteiger partial charge is 0.252 e. The number of hydrogen-bond acceptors (Lipinski definition) is 5. The molecule has 24 heavy (non-hydrogen) atoms. The Labute approximate surface area is 145 Å². The fourth-order valence-corrected chi connectivity index (χ4v) is 5.41. The second-order valence-electron chi connectivity index (χ2n) is 5.85. The van der Waals surface area contributed by atoms with E-state index in [9.17, 15) is 13.2 Å². The molecule has 1 fully saturated rings. The number of hydrogen-bond donors (Lipinski definition) is 1. The monoisotopic (exact) mass is 368 g/mol. The molecule has 9 heteroatoms. The molecular formula is C15H20N4O3S2. The molecule has 3 heterocycles. The number of thiophene rings is 1. The quantitative estimate of drug-likeness (QED) is 0.859. The van der Waals surface area contributed by atoms with E-state index < -0.39 is 10.0 Å². The lowest BCUT2D eigenvalue weighted by Gasteiger charge is -2.30. The highest BCUT2D eigenvalue weighted by molar-refractivity contribution is 7.91. The topological polar surface area (TPSA) is 84.3 Å². The summed E-state index contributed by atoms with van der Waals surface area (Å²) in [6.07, 6.45) is 4.67. The second kappa shape index (κ2) is 7.04. The Morgan fingerprint density at radius 3 is 2.75 bits per heavy atom. The third-order valence-corrected chi connectivity index (χ3v) is 7.41. The lowest BCUT2D eigenvalue weighted by Crippen LogP contribution is -2.42. The van der Waals surface area contributed by atoms with E-state index in [0.29, 0.717) is 36.7 Å².